The number of carbonyl (C=O) groups excluding carboxylic acids is 1. The smallest absolute Gasteiger partial charge is 0.251 e. The van der Waals surface area contributed by atoms with Gasteiger partial charge in [0, 0.05) is 45.1 Å². The van der Waals surface area contributed by atoms with E-state index < -0.39 is 0 Å². The minimum Gasteiger partial charge on any atom is -0.381 e. The normalized spacial score (nSPS) is 16.6. The van der Waals surface area contributed by atoms with Gasteiger partial charge in [-0.2, -0.15) is 0 Å². The van der Waals surface area contributed by atoms with Crippen molar-refractivity contribution in [2.75, 3.05) is 38.8 Å². The average molecular weight is 338 g/mol. The molecule has 132 valence electrons. The number of hydrogen-bond donors (Lipinski definition) is 1. The first-order valence-electron chi connectivity index (χ1n) is 8.87. The van der Waals surface area contributed by atoms with Gasteiger partial charge in [-0.15, -0.1) is 0 Å². The van der Waals surface area contributed by atoms with Crippen LogP contribution >= 0.6 is 0 Å². The number of nitrogens with zero attached hydrogens (tertiary/aromatic N) is 1. The van der Waals surface area contributed by atoms with Crippen molar-refractivity contribution in [2.24, 2.45) is 5.92 Å². The number of amides is 1. The lowest BCUT2D eigenvalue weighted by Gasteiger charge is -2.14. The van der Waals surface area contributed by atoms with E-state index in [0.717, 1.165) is 42.9 Å². The fourth-order valence-corrected chi connectivity index (χ4v) is 3.11. The van der Waals surface area contributed by atoms with Crippen LogP contribution in [0.15, 0.2) is 48.5 Å². The van der Waals surface area contributed by atoms with Crippen molar-refractivity contribution in [1.82, 2.24) is 5.32 Å². The second-order valence-electron chi connectivity index (χ2n) is 6.80. The predicted octanol–water partition coefficient (Wildman–Crippen LogP) is 3.58. The topological polar surface area (TPSA) is 41.6 Å². The van der Waals surface area contributed by atoms with Crippen LogP contribution in [-0.4, -0.2) is 39.8 Å². The quantitative estimate of drug-likeness (QED) is 0.875. The monoisotopic (exact) mass is 338 g/mol. The molecular weight excluding hydrogens is 312 g/mol. The van der Waals surface area contributed by atoms with Crippen LogP contribution in [0.4, 0.5) is 5.69 Å². The number of nitrogens with one attached hydrogen (secondary N) is 1. The van der Waals surface area contributed by atoms with Crippen LogP contribution in [-0.2, 0) is 4.74 Å². The summed E-state index contributed by atoms with van der Waals surface area (Å²) in [5.41, 5.74) is 4.02. The first-order chi connectivity index (χ1) is 12.1. The molecule has 4 heteroatoms. The third-order valence-electron chi connectivity index (χ3n) is 4.68. The van der Waals surface area contributed by atoms with Crippen molar-refractivity contribution in [3.8, 4) is 11.1 Å². The van der Waals surface area contributed by atoms with E-state index in [1.807, 2.05) is 44.4 Å². The van der Waals surface area contributed by atoms with E-state index in [2.05, 4.69) is 28.4 Å². The zero-order chi connectivity index (χ0) is 17.6. The Morgan fingerprint density at radius 2 is 1.92 bits per heavy atom. The zero-order valence-electron chi connectivity index (χ0n) is 15.0. The molecule has 0 spiro atoms. The molecule has 1 atom stereocenters. The van der Waals surface area contributed by atoms with E-state index in [4.69, 9.17) is 4.74 Å². The van der Waals surface area contributed by atoms with E-state index in [9.17, 15) is 4.79 Å². The van der Waals surface area contributed by atoms with Crippen molar-refractivity contribution >= 4 is 11.6 Å². The molecule has 1 saturated heterocycles. The molecule has 0 bridgehead atoms. The van der Waals surface area contributed by atoms with E-state index >= 15 is 0 Å². The lowest BCUT2D eigenvalue weighted by atomic mass is 10.0. The van der Waals surface area contributed by atoms with Gasteiger partial charge in [-0.05, 0) is 54.2 Å². The van der Waals surface area contributed by atoms with Gasteiger partial charge in [-0.3, -0.25) is 4.79 Å². The standard InChI is InChI=1S/C21H26N2O2/c1-23(2)20-8-4-6-18(14-20)17-5-3-7-19(13-17)21(24)22-11-9-16-10-12-25-15-16/h3-8,13-14,16H,9-12,15H2,1-2H3,(H,22,24)/t16-/m0/s1. The van der Waals surface area contributed by atoms with Crippen molar-refractivity contribution in [2.45, 2.75) is 12.8 Å². The van der Waals surface area contributed by atoms with Crippen molar-refractivity contribution in [1.29, 1.82) is 0 Å². The molecule has 25 heavy (non-hydrogen) atoms. The lowest BCUT2D eigenvalue weighted by Crippen LogP contribution is -2.26. The van der Waals surface area contributed by atoms with Crippen LogP contribution in [0.1, 0.15) is 23.2 Å². The highest BCUT2D eigenvalue weighted by atomic mass is 16.5. The molecule has 2 aromatic rings. The first kappa shape index (κ1) is 17.5. The summed E-state index contributed by atoms with van der Waals surface area (Å²) in [6.07, 6.45) is 2.09. The second kappa shape index (κ2) is 8.17. The van der Waals surface area contributed by atoms with Crippen LogP contribution in [0.5, 0.6) is 0 Å². The zero-order valence-corrected chi connectivity index (χ0v) is 15.0. The number of anilines is 1. The van der Waals surface area contributed by atoms with Gasteiger partial charge in [-0.25, -0.2) is 0 Å². The largest absolute Gasteiger partial charge is 0.381 e. The molecule has 0 saturated carbocycles. The number of benzene rings is 2. The summed E-state index contributed by atoms with van der Waals surface area (Å²) in [6, 6.07) is 16.1. The molecule has 4 nitrogen and oxygen atoms in total. The molecule has 0 aliphatic carbocycles. The van der Waals surface area contributed by atoms with Gasteiger partial charge in [0.05, 0.1) is 0 Å². The van der Waals surface area contributed by atoms with Gasteiger partial charge in [0.1, 0.15) is 0 Å². The summed E-state index contributed by atoms with van der Waals surface area (Å²) in [4.78, 5) is 14.5. The molecule has 3 rings (SSSR count). The highest BCUT2D eigenvalue weighted by molar-refractivity contribution is 5.95. The Morgan fingerprint density at radius 3 is 2.64 bits per heavy atom. The van der Waals surface area contributed by atoms with Gasteiger partial charge >= 0.3 is 0 Å². The molecule has 1 aliphatic heterocycles. The Labute approximate surface area is 149 Å². The summed E-state index contributed by atoms with van der Waals surface area (Å²) in [5.74, 6) is 0.574. The van der Waals surface area contributed by atoms with Crippen molar-refractivity contribution in [3.05, 3.63) is 54.1 Å². The van der Waals surface area contributed by atoms with Crippen LogP contribution in [0.3, 0.4) is 0 Å². The lowest BCUT2D eigenvalue weighted by molar-refractivity contribution is 0.0950. The fourth-order valence-electron chi connectivity index (χ4n) is 3.11. The molecule has 2 aromatic carbocycles. The number of rotatable bonds is 6. The molecule has 1 heterocycles. The predicted molar refractivity (Wildman–Crippen MR) is 102 cm³/mol. The highest BCUT2D eigenvalue weighted by Crippen LogP contribution is 2.24. The van der Waals surface area contributed by atoms with Gasteiger partial charge in [-0.1, -0.05) is 24.3 Å². The molecule has 1 amide bonds. The Balaban J connectivity index is 1.66. The summed E-state index contributed by atoms with van der Waals surface area (Å²) in [5, 5.41) is 3.03. The van der Waals surface area contributed by atoms with Gasteiger partial charge in [0.15, 0.2) is 0 Å². The van der Waals surface area contributed by atoms with Crippen LogP contribution in [0, 0.1) is 5.92 Å². The fraction of sp³-hybridized carbons (Fsp3) is 0.381. The summed E-state index contributed by atoms with van der Waals surface area (Å²) >= 11 is 0. The minimum absolute atomic E-state index is 0.00969. The maximum absolute atomic E-state index is 12.4. The number of carbonyl (C=O) groups is 1. The Hall–Kier alpha value is -2.33. The average Bonchev–Trinajstić information content (AvgIpc) is 3.15. The summed E-state index contributed by atoms with van der Waals surface area (Å²) in [7, 11) is 4.05. The molecule has 1 aliphatic rings. The third kappa shape index (κ3) is 4.60. The molecule has 0 aromatic heterocycles. The van der Waals surface area contributed by atoms with E-state index in [1.54, 1.807) is 0 Å². The number of ether oxygens (including phenoxy) is 1. The van der Waals surface area contributed by atoms with Crippen molar-refractivity contribution in [3.63, 3.8) is 0 Å². The first-order valence-corrected chi connectivity index (χ1v) is 8.87. The SMILES string of the molecule is CN(C)c1cccc(-c2cccc(C(=O)NCC[C@H]3CCOC3)c2)c1. The molecule has 1 N–H and O–H groups in total. The number of hydrogen-bond acceptors (Lipinski definition) is 3. The Morgan fingerprint density at radius 1 is 1.16 bits per heavy atom. The summed E-state index contributed by atoms with van der Waals surface area (Å²) < 4.78 is 5.37. The summed E-state index contributed by atoms with van der Waals surface area (Å²) in [6.45, 7) is 2.38. The Bertz CT molecular complexity index is 721. The maximum atomic E-state index is 12.4. The minimum atomic E-state index is -0.00969. The van der Waals surface area contributed by atoms with Gasteiger partial charge in [0.25, 0.3) is 5.91 Å². The van der Waals surface area contributed by atoms with Gasteiger partial charge < -0.3 is 15.0 Å². The van der Waals surface area contributed by atoms with E-state index in [-0.39, 0.29) is 5.91 Å². The molecule has 0 radical (unpaired) electrons. The molecular formula is C21H26N2O2. The van der Waals surface area contributed by atoms with E-state index in [0.29, 0.717) is 18.0 Å². The van der Waals surface area contributed by atoms with E-state index in [1.165, 1.54) is 0 Å². The van der Waals surface area contributed by atoms with Crippen molar-refractivity contribution < 1.29 is 9.53 Å². The van der Waals surface area contributed by atoms with Crippen LogP contribution < -0.4 is 10.2 Å². The van der Waals surface area contributed by atoms with Crippen LogP contribution in [0.2, 0.25) is 0 Å². The molecule has 1 fully saturated rings. The van der Waals surface area contributed by atoms with Gasteiger partial charge in [0.2, 0.25) is 0 Å². The maximum Gasteiger partial charge on any atom is 0.251 e. The second-order valence-corrected chi connectivity index (χ2v) is 6.80. The third-order valence-corrected chi connectivity index (χ3v) is 4.68. The Kier molecular flexibility index (Phi) is 5.71. The molecule has 0 unspecified atom stereocenters. The van der Waals surface area contributed by atoms with Crippen LogP contribution in [0.25, 0.3) is 11.1 Å². The highest BCUT2D eigenvalue weighted by Gasteiger charge is 2.15.